The molecule has 1 aromatic carbocycles. The number of hydrogen-bond acceptors (Lipinski definition) is 3. The van der Waals surface area contributed by atoms with Crippen molar-refractivity contribution in [3.8, 4) is 5.75 Å². The molecule has 0 bridgehead atoms. The van der Waals surface area contributed by atoms with E-state index in [-0.39, 0.29) is 5.91 Å². The number of benzene rings is 1. The van der Waals surface area contributed by atoms with Gasteiger partial charge in [-0.3, -0.25) is 9.48 Å². The monoisotopic (exact) mass is 287 g/mol. The maximum atomic E-state index is 11.9. The molecule has 0 atom stereocenters. The van der Waals surface area contributed by atoms with Crippen LogP contribution in [-0.2, 0) is 11.8 Å². The van der Waals surface area contributed by atoms with Crippen LogP contribution in [0, 0.1) is 20.8 Å². The van der Waals surface area contributed by atoms with Crippen molar-refractivity contribution in [2.45, 2.75) is 27.2 Å². The van der Waals surface area contributed by atoms with Gasteiger partial charge in [-0.15, -0.1) is 0 Å². The summed E-state index contributed by atoms with van der Waals surface area (Å²) in [6.45, 7) is 6.19. The highest BCUT2D eigenvalue weighted by Gasteiger charge is 2.12. The van der Waals surface area contributed by atoms with Gasteiger partial charge in [0.1, 0.15) is 5.75 Å². The van der Waals surface area contributed by atoms with Gasteiger partial charge in [-0.2, -0.15) is 5.10 Å². The van der Waals surface area contributed by atoms with Crippen LogP contribution >= 0.6 is 0 Å². The molecule has 0 fully saturated rings. The summed E-state index contributed by atoms with van der Waals surface area (Å²) >= 11 is 0. The molecule has 0 aliphatic rings. The highest BCUT2D eigenvalue weighted by molar-refractivity contribution is 5.91. The molecule has 5 nitrogen and oxygen atoms in total. The molecule has 0 aliphatic carbocycles. The molecule has 1 aromatic heterocycles. The second kappa shape index (κ2) is 6.43. The van der Waals surface area contributed by atoms with E-state index >= 15 is 0 Å². The molecular formula is C16H21N3O2. The van der Waals surface area contributed by atoms with E-state index in [1.165, 1.54) is 5.56 Å². The fourth-order valence-corrected chi connectivity index (χ4v) is 2.05. The third kappa shape index (κ3) is 3.84. The zero-order valence-corrected chi connectivity index (χ0v) is 12.9. The van der Waals surface area contributed by atoms with E-state index in [2.05, 4.69) is 10.4 Å². The van der Waals surface area contributed by atoms with Crippen LogP contribution in [0.1, 0.15) is 23.4 Å². The normalized spacial score (nSPS) is 10.5. The van der Waals surface area contributed by atoms with E-state index in [1.54, 1.807) is 4.68 Å². The van der Waals surface area contributed by atoms with Gasteiger partial charge in [0.05, 0.1) is 30.1 Å². The molecule has 21 heavy (non-hydrogen) atoms. The topological polar surface area (TPSA) is 56.1 Å². The Kier molecular flexibility index (Phi) is 4.62. The summed E-state index contributed by atoms with van der Waals surface area (Å²) in [5.41, 5.74) is 3.74. The number of nitrogens with zero attached hydrogens (tertiary/aromatic N) is 2. The molecule has 2 aromatic rings. The quantitative estimate of drug-likeness (QED) is 0.920. The Morgan fingerprint density at radius 1 is 1.24 bits per heavy atom. The van der Waals surface area contributed by atoms with Gasteiger partial charge in [0, 0.05) is 7.05 Å². The van der Waals surface area contributed by atoms with E-state index in [9.17, 15) is 4.79 Å². The van der Waals surface area contributed by atoms with Crippen LogP contribution in [0.5, 0.6) is 5.75 Å². The maximum absolute atomic E-state index is 11.9. The molecule has 5 heteroatoms. The van der Waals surface area contributed by atoms with Gasteiger partial charge in [0.2, 0.25) is 5.91 Å². The molecule has 0 radical (unpaired) electrons. The Morgan fingerprint density at radius 2 is 1.90 bits per heavy atom. The number of nitrogens with one attached hydrogen (secondary N) is 1. The van der Waals surface area contributed by atoms with E-state index in [0.717, 1.165) is 22.8 Å². The molecule has 1 amide bonds. The summed E-state index contributed by atoms with van der Waals surface area (Å²) in [6, 6.07) is 7.78. The highest BCUT2D eigenvalue weighted by Crippen LogP contribution is 2.18. The van der Waals surface area contributed by atoms with E-state index in [0.29, 0.717) is 13.0 Å². The van der Waals surface area contributed by atoms with E-state index in [4.69, 9.17) is 4.74 Å². The smallest absolute Gasteiger partial charge is 0.227 e. The first-order chi connectivity index (χ1) is 9.97. The van der Waals surface area contributed by atoms with Crippen molar-refractivity contribution >= 4 is 11.6 Å². The van der Waals surface area contributed by atoms with Gasteiger partial charge in [0.15, 0.2) is 0 Å². The molecular weight excluding hydrogens is 266 g/mol. The number of amides is 1. The number of anilines is 1. The number of ether oxygens (including phenoxy) is 1. The Labute approximate surface area is 124 Å². The molecule has 2 rings (SSSR count). The van der Waals surface area contributed by atoms with E-state index < -0.39 is 0 Å². The number of carbonyl (C=O) groups excluding carboxylic acids is 1. The van der Waals surface area contributed by atoms with Gasteiger partial charge >= 0.3 is 0 Å². The van der Waals surface area contributed by atoms with Crippen LogP contribution in [0.3, 0.4) is 0 Å². The van der Waals surface area contributed by atoms with Crippen LogP contribution in [-0.4, -0.2) is 22.3 Å². The van der Waals surface area contributed by atoms with Crippen molar-refractivity contribution in [2.24, 2.45) is 7.05 Å². The lowest BCUT2D eigenvalue weighted by atomic mass is 10.2. The second-order valence-electron chi connectivity index (χ2n) is 5.13. The molecule has 0 saturated heterocycles. The van der Waals surface area contributed by atoms with Gasteiger partial charge in [-0.25, -0.2) is 0 Å². The average Bonchev–Trinajstić information content (AvgIpc) is 2.68. The third-order valence-electron chi connectivity index (χ3n) is 3.39. The van der Waals surface area contributed by atoms with Crippen LogP contribution < -0.4 is 10.1 Å². The fraction of sp³-hybridized carbons (Fsp3) is 0.375. The van der Waals surface area contributed by atoms with Crippen LogP contribution in [0.25, 0.3) is 0 Å². The summed E-state index contributed by atoms with van der Waals surface area (Å²) in [4.78, 5) is 11.9. The summed E-state index contributed by atoms with van der Waals surface area (Å²) in [5.74, 6) is 0.712. The molecule has 1 N–H and O–H groups in total. The minimum atomic E-state index is -0.0682. The highest BCUT2D eigenvalue weighted by atomic mass is 16.5. The lowest BCUT2D eigenvalue weighted by molar-refractivity contribution is -0.116. The van der Waals surface area contributed by atoms with Crippen molar-refractivity contribution < 1.29 is 9.53 Å². The predicted molar refractivity (Wildman–Crippen MR) is 82.6 cm³/mol. The SMILES string of the molecule is Cc1ccc(OCCC(=O)Nc2c(C)nn(C)c2C)cc1. The Bertz CT molecular complexity index is 630. The lowest BCUT2D eigenvalue weighted by Crippen LogP contribution is -2.16. The number of aryl methyl sites for hydroxylation is 3. The van der Waals surface area contributed by atoms with Gasteiger partial charge in [-0.1, -0.05) is 17.7 Å². The molecule has 0 spiro atoms. The first-order valence-electron chi connectivity index (χ1n) is 6.97. The first-order valence-corrected chi connectivity index (χ1v) is 6.97. The molecule has 1 heterocycles. The third-order valence-corrected chi connectivity index (χ3v) is 3.39. The van der Waals surface area contributed by atoms with Crippen molar-refractivity contribution in [1.29, 1.82) is 0 Å². The number of rotatable bonds is 5. The van der Waals surface area contributed by atoms with E-state index in [1.807, 2.05) is 52.1 Å². The summed E-state index contributed by atoms with van der Waals surface area (Å²) < 4.78 is 7.31. The second-order valence-corrected chi connectivity index (χ2v) is 5.13. The lowest BCUT2D eigenvalue weighted by Gasteiger charge is -2.08. The molecule has 112 valence electrons. The molecule has 0 saturated carbocycles. The summed E-state index contributed by atoms with van der Waals surface area (Å²) in [5, 5.41) is 7.16. The zero-order chi connectivity index (χ0) is 15.4. The van der Waals surface area contributed by atoms with Gasteiger partial charge in [0.25, 0.3) is 0 Å². The Balaban J connectivity index is 1.83. The van der Waals surface area contributed by atoms with Crippen LogP contribution in [0.15, 0.2) is 24.3 Å². The number of carbonyl (C=O) groups is 1. The average molecular weight is 287 g/mol. The minimum Gasteiger partial charge on any atom is -0.493 e. The Hall–Kier alpha value is -2.30. The standard InChI is InChI=1S/C16H21N3O2/c1-11-5-7-14(8-6-11)21-10-9-15(20)17-16-12(2)18-19(4)13(16)3/h5-8H,9-10H2,1-4H3,(H,17,20). The van der Waals surface area contributed by atoms with Gasteiger partial charge in [-0.05, 0) is 32.9 Å². The first kappa shape index (κ1) is 15.1. The largest absolute Gasteiger partial charge is 0.493 e. The van der Waals surface area contributed by atoms with Crippen molar-refractivity contribution in [3.05, 3.63) is 41.2 Å². The zero-order valence-electron chi connectivity index (χ0n) is 12.9. The van der Waals surface area contributed by atoms with Crippen LogP contribution in [0.4, 0.5) is 5.69 Å². The van der Waals surface area contributed by atoms with Crippen molar-refractivity contribution in [2.75, 3.05) is 11.9 Å². The summed E-state index contributed by atoms with van der Waals surface area (Å²) in [7, 11) is 1.86. The molecule has 0 unspecified atom stereocenters. The molecule has 0 aliphatic heterocycles. The summed E-state index contributed by atoms with van der Waals surface area (Å²) in [6.07, 6.45) is 0.307. The minimum absolute atomic E-state index is 0.0682. The maximum Gasteiger partial charge on any atom is 0.227 e. The van der Waals surface area contributed by atoms with Crippen LogP contribution in [0.2, 0.25) is 0 Å². The fourth-order valence-electron chi connectivity index (χ4n) is 2.05. The number of aromatic nitrogens is 2. The van der Waals surface area contributed by atoms with Crippen molar-refractivity contribution in [3.63, 3.8) is 0 Å². The Morgan fingerprint density at radius 3 is 2.48 bits per heavy atom. The van der Waals surface area contributed by atoms with Crippen molar-refractivity contribution in [1.82, 2.24) is 9.78 Å². The predicted octanol–water partition coefficient (Wildman–Crippen LogP) is 2.75. The number of hydrogen-bond donors (Lipinski definition) is 1. The van der Waals surface area contributed by atoms with Gasteiger partial charge < -0.3 is 10.1 Å².